The molecule has 2 N–H and O–H groups in total. The first-order chi connectivity index (χ1) is 25.9. The molecule has 6 atom stereocenters. The van der Waals surface area contributed by atoms with Crippen LogP contribution in [0.4, 0.5) is 5.69 Å². The van der Waals surface area contributed by atoms with Crippen LogP contribution in [0.3, 0.4) is 0 Å². The minimum Gasteiger partial charge on any atom is -0.490 e. The molecule has 3 aliphatic heterocycles. The Labute approximate surface area is 326 Å². The highest BCUT2D eigenvalue weighted by Crippen LogP contribution is 2.48. The van der Waals surface area contributed by atoms with E-state index in [-0.39, 0.29) is 28.7 Å². The lowest BCUT2D eigenvalue weighted by atomic mass is 9.64. The first kappa shape index (κ1) is 40.7. The quantitative estimate of drug-likeness (QED) is 0.316. The molecule has 2 fully saturated rings. The SMILES string of the molecule is COCCN1CCNCC1.CO[C@@]1(C=O)/C=C/C[C@H](C)[C@@H](C)S(=O)(=O)NC(=O)c2ccc3c(c2)N(C[C@@H]2CC[C@H]21)C[C@@]1(CCCc2cc(Cl)ccc21)CO3. The molecule has 2 bridgehead atoms. The highest BCUT2D eigenvalue weighted by molar-refractivity contribution is 7.90. The molecule has 296 valence electrons. The lowest BCUT2D eigenvalue weighted by molar-refractivity contribution is -0.135. The average molecular weight is 785 g/mol. The van der Waals surface area contributed by atoms with E-state index in [2.05, 4.69) is 32.0 Å². The van der Waals surface area contributed by atoms with Crippen LogP contribution in [0.5, 0.6) is 5.75 Å². The number of nitrogens with zero attached hydrogens (tertiary/aromatic N) is 2. The highest BCUT2D eigenvalue weighted by atomic mass is 35.5. The molecular formula is C41H57ClN4O7S. The summed E-state index contributed by atoms with van der Waals surface area (Å²) in [4.78, 5) is 30.8. The number of nitrogens with one attached hydrogen (secondary N) is 2. The van der Waals surface area contributed by atoms with Gasteiger partial charge in [-0.3, -0.25) is 14.5 Å². The predicted octanol–water partition coefficient (Wildman–Crippen LogP) is 5.01. The molecule has 7 rings (SSSR count). The number of hydrogen-bond acceptors (Lipinski definition) is 10. The molecule has 0 aromatic heterocycles. The number of carbonyl (C=O) groups excluding carboxylic acids is 2. The molecule has 13 heteroatoms. The fourth-order valence-corrected chi connectivity index (χ4v) is 10.3. The van der Waals surface area contributed by atoms with Crippen molar-refractivity contribution < 1.29 is 32.2 Å². The number of fused-ring (bicyclic) bond motifs is 4. The number of rotatable bonds is 5. The topological polar surface area (TPSA) is 127 Å². The van der Waals surface area contributed by atoms with Gasteiger partial charge in [-0.1, -0.05) is 30.7 Å². The number of sulfonamides is 1. The number of aryl methyl sites for hydroxylation is 1. The maximum atomic E-state index is 13.4. The minimum atomic E-state index is -3.97. The molecule has 1 amide bonds. The number of ether oxygens (including phenoxy) is 3. The maximum Gasteiger partial charge on any atom is 0.264 e. The van der Waals surface area contributed by atoms with Crippen LogP contribution < -0.4 is 19.7 Å². The molecule has 11 nitrogen and oxygen atoms in total. The molecular weight excluding hydrogens is 728 g/mol. The number of piperazine rings is 1. The molecule has 0 unspecified atom stereocenters. The molecule has 54 heavy (non-hydrogen) atoms. The highest BCUT2D eigenvalue weighted by Gasteiger charge is 2.49. The Morgan fingerprint density at radius 2 is 1.89 bits per heavy atom. The van der Waals surface area contributed by atoms with E-state index >= 15 is 0 Å². The Bertz CT molecular complexity index is 1790. The molecule has 2 aromatic carbocycles. The summed E-state index contributed by atoms with van der Waals surface area (Å²) in [6.07, 6.45) is 9.65. The van der Waals surface area contributed by atoms with E-state index in [1.54, 1.807) is 39.3 Å². The summed E-state index contributed by atoms with van der Waals surface area (Å²) in [6.45, 7) is 11.7. The van der Waals surface area contributed by atoms with Crippen molar-refractivity contribution in [2.45, 2.75) is 68.6 Å². The second kappa shape index (κ2) is 17.4. The zero-order valence-corrected chi connectivity index (χ0v) is 33.7. The molecule has 1 spiro atoms. The Morgan fingerprint density at radius 3 is 2.59 bits per heavy atom. The van der Waals surface area contributed by atoms with E-state index in [0.717, 1.165) is 70.3 Å². The summed E-state index contributed by atoms with van der Waals surface area (Å²) < 4.78 is 46.3. The molecule has 5 aliphatic rings. The number of anilines is 1. The zero-order valence-electron chi connectivity index (χ0n) is 32.2. The second-order valence-corrected chi connectivity index (χ2v) is 18.3. The third-order valence-corrected chi connectivity index (χ3v) is 14.7. The van der Waals surface area contributed by atoms with Crippen LogP contribution in [-0.2, 0) is 36.1 Å². The fourth-order valence-electron chi connectivity index (χ4n) is 8.84. The number of carbonyl (C=O) groups is 2. The Balaban J connectivity index is 0.000000432. The summed E-state index contributed by atoms with van der Waals surface area (Å²) in [5.41, 5.74) is 2.05. The number of allylic oxidation sites excluding steroid dienone is 1. The molecule has 2 aliphatic carbocycles. The third kappa shape index (κ3) is 8.69. The summed E-state index contributed by atoms with van der Waals surface area (Å²) in [6, 6.07) is 11.3. The van der Waals surface area contributed by atoms with Gasteiger partial charge < -0.3 is 24.4 Å². The van der Waals surface area contributed by atoms with Gasteiger partial charge in [-0.25, -0.2) is 13.1 Å². The smallest absolute Gasteiger partial charge is 0.264 e. The maximum absolute atomic E-state index is 13.4. The molecule has 3 heterocycles. The summed E-state index contributed by atoms with van der Waals surface area (Å²) >= 11 is 6.40. The predicted molar refractivity (Wildman–Crippen MR) is 212 cm³/mol. The average Bonchev–Trinajstić information content (AvgIpc) is 3.31. The molecule has 1 saturated carbocycles. The fraction of sp³-hybridized carbons (Fsp3) is 0.610. The van der Waals surface area contributed by atoms with E-state index in [9.17, 15) is 18.0 Å². The largest absolute Gasteiger partial charge is 0.490 e. The van der Waals surface area contributed by atoms with Crippen LogP contribution in [0.15, 0.2) is 48.6 Å². The van der Waals surface area contributed by atoms with Gasteiger partial charge in [-0.15, -0.1) is 0 Å². The van der Waals surface area contributed by atoms with Crippen molar-refractivity contribution in [1.29, 1.82) is 0 Å². The van der Waals surface area contributed by atoms with Gasteiger partial charge in [0, 0.05) is 82.0 Å². The van der Waals surface area contributed by atoms with Gasteiger partial charge in [0.05, 0.1) is 24.2 Å². The van der Waals surface area contributed by atoms with E-state index in [1.165, 1.54) is 24.2 Å². The van der Waals surface area contributed by atoms with E-state index in [4.69, 9.17) is 25.8 Å². The number of benzene rings is 2. The van der Waals surface area contributed by atoms with Crippen molar-refractivity contribution in [2.75, 3.05) is 78.1 Å². The third-order valence-electron chi connectivity index (χ3n) is 12.5. The van der Waals surface area contributed by atoms with Crippen LogP contribution in [0.1, 0.15) is 67.4 Å². The van der Waals surface area contributed by atoms with Crippen molar-refractivity contribution in [3.8, 4) is 5.75 Å². The van der Waals surface area contributed by atoms with Crippen molar-refractivity contribution in [1.82, 2.24) is 14.9 Å². The number of hydrogen-bond donors (Lipinski definition) is 2. The van der Waals surface area contributed by atoms with E-state index in [1.807, 2.05) is 25.1 Å². The molecule has 0 radical (unpaired) electrons. The van der Waals surface area contributed by atoms with Crippen molar-refractivity contribution in [3.63, 3.8) is 0 Å². The van der Waals surface area contributed by atoms with Crippen LogP contribution in [0.25, 0.3) is 0 Å². The van der Waals surface area contributed by atoms with E-state index < -0.39 is 26.8 Å². The first-order valence-corrected chi connectivity index (χ1v) is 21.3. The monoisotopic (exact) mass is 784 g/mol. The molecule has 2 aromatic rings. The van der Waals surface area contributed by atoms with Gasteiger partial charge in [-0.05, 0) is 105 Å². The first-order valence-electron chi connectivity index (χ1n) is 19.4. The number of aldehydes is 1. The Morgan fingerprint density at radius 1 is 1.09 bits per heavy atom. The standard InChI is InChI=1S/C34H41ClN2O6S.C7H16N2O/c1-22-6-4-15-34(20-38,42-3)29-11-8-26(29)18-37-19-33(14-5-7-24-16-27(35)10-12-28(24)33)21-43-31-13-9-25(17-30(31)37)32(39)36-44(40,41)23(22)2;1-10-7-6-9-4-2-8-3-5-9/h4,9-10,12-13,15-17,20,22-23,26,29H,5-8,11,14,18-19,21H2,1-3H3,(H,36,39);8H,2-7H2,1H3/b15-4+;/t22-,23+,26-,29+,33-,34+;/m0./s1. The summed E-state index contributed by atoms with van der Waals surface area (Å²) in [5.74, 6) is -0.203. The van der Waals surface area contributed by atoms with Crippen LogP contribution in [-0.4, -0.2) is 110 Å². The molecule has 1 saturated heterocycles. The van der Waals surface area contributed by atoms with Crippen LogP contribution in [0, 0.1) is 17.8 Å². The van der Waals surface area contributed by atoms with Crippen molar-refractivity contribution in [3.05, 3.63) is 70.3 Å². The number of methoxy groups -OCH3 is 2. The van der Waals surface area contributed by atoms with Gasteiger partial charge >= 0.3 is 0 Å². The van der Waals surface area contributed by atoms with Gasteiger partial charge in [0.2, 0.25) is 10.0 Å². The number of halogens is 1. The zero-order chi connectivity index (χ0) is 38.5. The van der Waals surface area contributed by atoms with E-state index in [0.29, 0.717) is 36.9 Å². The lowest BCUT2D eigenvalue weighted by Crippen LogP contribution is -2.53. The minimum absolute atomic E-state index is 0.0434. The van der Waals surface area contributed by atoms with Gasteiger partial charge in [0.15, 0.2) is 6.29 Å². The van der Waals surface area contributed by atoms with Gasteiger partial charge in [-0.2, -0.15) is 0 Å². The van der Waals surface area contributed by atoms with Gasteiger partial charge in [0.1, 0.15) is 11.4 Å². The number of amides is 1. The summed E-state index contributed by atoms with van der Waals surface area (Å²) in [7, 11) is -0.654. The van der Waals surface area contributed by atoms with Crippen molar-refractivity contribution >= 4 is 39.5 Å². The van der Waals surface area contributed by atoms with Crippen LogP contribution in [0.2, 0.25) is 5.02 Å². The van der Waals surface area contributed by atoms with Gasteiger partial charge in [0.25, 0.3) is 5.91 Å². The Hall–Kier alpha value is -3.00. The normalized spacial score (nSPS) is 31.6. The summed E-state index contributed by atoms with van der Waals surface area (Å²) in [5, 5.41) is 3.19. The Kier molecular flexibility index (Phi) is 13.1. The second-order valence-electron chi connectivity index (χ2n) is 15.8. The van der Waals surface area contributed by atoms with Crippen LogP contribution >= 0.6 is 11.6 Å². The van der Waals surface area contributed by atoms with Crippen molar-refractivity contribution in [2.24, 2.45) is 17.8 Å². The lowest BCUT2D eigenvalue weighted by Gasteiger charge is -2.48.